The van der Waals surface area contributed by atoms with Gasteiger partial charge in [-0.25, -0.2) is 9.67 Å². The lowest BCUT2D eigenvalue weighted by Gasteiger charge is -2.20. The first-order valence-corrected chi connectivity index (χ1v) is 13.4. The maximum Gasteiger partial charge on any atom is 0.257 e. The number of benzene rings is 1. The standard InChI is InChI=1S/C16H21ClN6O.C11H16.C2H6O.CH2O/c1-18-14-6-12(17)8-19-15(14)23-9-11(7-20-23)16(24)22-5-4-13(10-22)21(2)3;1-9-5-7-10(8-6-9)11(2,3)4;1-3-2;1-2/h6-9,13,18H,4-5,10H2,1-3H3;5-8H,1-4H3;1-2H3;1H2. The van der Waals surface area contributed by atoms with Crippen LogP contribution < -0.4 is 5.32 Å². The minimum atomic E-state index is 0.00516. The van der Waals surface area contributed by atoms with Gasteiger partial charge in [0.25, 0.3) is 5.91 Å². The van der Waals surface area contributed by atoms with E-state index in [4.69, 9.17) is 16.4 Å². The number of hydrogen-bond acceptors (Lipinski definition) is 7. The zero-order valence-electron chi connectivity index (χ0n) is 25.4. The zero-order valence-corrected chi connectivity index (χ0v) is 26.1. The Bertz CT molecular complexity index is 1170. The summed E-state index contributed by atoms with van der Waals surface area (Å²) in [6.07, 6.45) is 5.85. The molecule has 1 saturated heterocycles. The van der Waals surface area contributed by atoms with Gasteiger partial charge in [0.05, 0.1) is 22.5 Å². The molecule has 10 heteroatoms. The number of likely N-dealkylation sites (tertiary alicyclic amines) is 1. The summed E-state index contributed by atoms with van der Waals surface area (Å²) in [5, 5.41) is 7.86. The number of carbonyl (C=O) groups excluding carboxylic acids is 2. The SMILES string of the molecule is C=O.CNc1cc(Cl)cnc1-n1cc(C(=O)N2CCC(N(C)C)C2)cn1.COC.Cc1ccc(C(C)(C)C)cc1. The van der Waals surface area contributed by atoms with Crippen LogP contribution in [0.4, 0.5) is 5.69 Å². The van der Waals surface area contributed by atoms with Gasteiger partial charge in [-0.2, -0.15) is 5.10 Å². The van der Waals surface area contributed by atoms with Crippen molar-refractivity contribution in [1.82, 2.24) is 24.6 Å². The third kappa shape index (κ3) is 10.4. The van der Waals surface area contributed by atoms with Gasteiger partial charge in [-0.3, -0.25) is 4.79 Å². The fraction of sp³-hybridized carbons (Fsp3) is 0.467. The highest BCUT2D eigenvalue weighted by Gasteiger charge is 2.28. The van der Waals surface area contributed by atoms with Crippen LogP contribution in [0.25, 0.3) is 5.82 Å². The van der Waals surface area contributed by atoms with Gasteiger partial charge in [-0.05, 0) is 44.5 Å². The normalized spacial score (nSPS) is 14.3. The van der Waals surface area contributed by atoms with Gasteiger partial charge >= 0.3 is 0 Å². The summed E-state index contributed by atoms with van der Waals surface area (Å²) in [5.41, 5.74) is 4.33. The molecule has 4 rings (SSSR count). The van der Waals surface area contributed by atoms with Crippen LogP contribution in [0.3, 0.4) is 0 Å². The highest BCUT2D eigenvalue weighted by Crippen LogP contribution is 2.23. The van der Waals surface area contributed by atoms with Crippen molar-refractivity contribution in [2.75, 3.05) is 53.8 Å². The van der Waals surface area contributed by atoms with Crippen molar-refractivity contribution in [3.63, 3.8) is 0 Å². The molecule has 1 unspecified atom stereocenters. The molecule has 1 fully saturated rings. The summed E-state index contributed by atoms with van der Waals surface area (Å²) in [4.78, 5) is 29.0. The van der Waals surface area contributed by atoms with Crippen LogP contribution in [0.1, 0.15) is 48.7 Å². The highest BCUT2D eigenvalue weighted by atomic mass is 35.5. The molecule has 1 aliphatic heterocycles. The van der Waals surface area contributed by atoms with Crippen molar-refractivity contribution < 1.29 is 14.3 Å². The number of carbonyl (C=O) groups is 2. The predicted octanol–water partition coefficient (Wildman–Crippen LogP) is 5.11. The van der Waals surface area contributed by atoms with E-state index < -0.39 is 0 Å². The van der Waals surface area contributed by atoms with Crippen molar-refractivity contribution in [3.05, 3.63) is 70.6 Å². The van der Waals surface area contributed by atoms with Gasteiger partial charge in [-0.1, -0.05) is 62.2 Å². The van der Waals surface area contributed by atoms with Crippen LogP contribution >= 0.6 is 11.6 Å². The van der Waals surface area contributed by atoms with E-state index in [1.54, 1.807) is 50.6 Å². The van der Waals surface area contributed by atoms with Crippen LogP contribution in [-0.2, 0) is 14.9 Å². The molecule has 1 amide bonds. The van der Waals surface area contributed by atoms with Crippen LogP contribution in [0, 0.1) is 6.92 Å². The summed E-state index contributed by atoms with van der Waals surface area (Å²) in [7, 11) is 9.13. The number of rotatable bonds is 4. The van der Waals surface area contributed by atoms with E-state index >= 15 is 0 Å². The van der Waals surface area contributed by atoms with E-state index in [-0.39, 0.29) is 11.3 Å². The molecule has 9 nitrogen and oxygen atoms in total. The Morgan fingerprint density at radius 2 is 1.75 bits per heavy atom. The van der Waals surface area contributed by atoms with Crippen molar-refractivity contribution in [1.29, 1.82) is 0 Å². The molecule has 3 aromatic rings. The number of aromatic nitrogens is 3. The monoisotopic (exact) mass is 572 g/mol. The van der Waals surface area contributed by atoms with Gasteiger partial charge in [-0.15, -0.1) is 0 Å². The lowest BCUT2D eigenvalue weighted by molar-refractivity contribution is -0.0980. The Kier molecular flexibility index (Phi) is 14.6. The van der Waals surface area contributed by atoms with Gasteiger partial charge in [0.15, 0.2) is 5.82 Å². The number of pyridine rings is 1. The molecule has 0 aliphatic carbocycles. The lowest BCUT2D eigenvalue weighted by atomic mass is 9.87. The third-order valence-corrected chi connectivity index (χ3v) is 6.45. The maximum absolute atomic E-state index is 12.7. The van der Waals surface area contributed by atoms with E-state index in [2.05, 4.69) is 77.0 Å². The molecule has 2 aromatic heterocycles. The number of anilines is 1. The largest absolute Gasteiger partial charge is 0.388 e. The number of ether oxygens (including phenoxy) is 1. The van der Waals surface area contributed by atoms with Gasteiger partial charge in [0.2, 0.25) is 0 Å². The molecule has 220 valence electrons. The number of aryl methyl sites for hydroxylation is 1. The van der Waals surface area contributed by atoms with Gasteiger partial charge in [0.1, 0.15) is 6.79 Å². The predicted molar refractivity (Wildman–Crippen MR) is 164 cm³/mol. The number of nitrogens with one attached hydrogen (secondary N) is 1. The van der Waals surface area contributed by atoms with Crippen LogP contribution in [-0.4, -0.2) is 91.8 Å². The summed E-state index contributed by atoms with van der Waals surface area (Å²) >= 11 is 5.97. The molecule has 1 aliphatic rings. The first-order valence-electron chi connectivity index (χ1n) is 13.0. The van der Waals surface area contributed by atoms with Crippen molar-refractivity contribution in [2.45, 2.75) is 45.6 Å². The molecule has 3 heterocycles. The minimum absolute atomic E-state index is 0.00516. The van der Waals surface area contributed by atoms with E-state index in [0.717, 1.165) is 25.2 Å². The number of nitrogens with zero attached hydrogens (tertiary/aromatic N) is 5. The van der Waals surface area contributed by atoms with Crippen molar-refractivity contribution >= 4 is 30.0 Å². The first-order chi connectivity index (χ1) is 18.9. The van der Waals surface area contributed by atoms with E-state index in [9.17, 15) is 4.79 Å². The molecule has 40 heavy (non-hydrogen) atoms. The van der Waals surface area contributed by atoms with Crippen LogP contribution in [0.15, 0.2) is 48.9 Å². The molecule has 0 bridgehead atoms. The molecule has 0 radical (unpaired) electrons. The fourth-order valence-electron chi connectivity index (χ4n) is 3.93. The highest BCUT2D eigenvalue weighted by molar-refractivity contribution is 6.30. The molecule has 0 saturated carbocycles. The Balaban J connectivity index is 0.000000417. The first kappa shape index (κ1) is 34.8. The average molecular weight is 573 g/mol. The number of likely N-dealkylation sites (N-methyl/N-ethyl adjacent to an activating group) is 1. The Hall–Kier alpha value is -3.27. The van der Waals surface area contributed by atoms with E-state index in [1.165, 1.54) is 11.1 Å². The number of hydrogen-bond donors (Lipinski definition) is 1. The average Bonchev–Trinajstić information content (AvgIpc) is 3.61. The van der Waals surface area contributed by atoms with E-state index in [0.29, 0.717) is 22.4 Å². The summed E-state index contributed by atoms with van der Waals surface area (Å²) in [6, 6.07) is 10.9. The quantitative estimate of drug-likeness (QED) is 0.464. The molecule has 1 aromatic carbocycles. The van der Waals surface area contributed by atoms with Crippen LogP contribution in [0.5, 0.6) is 0 Å². The Morgan fingerprint density at radius 1 is 1.15 bits per heavy atom. The number of halogens is 1. The summed E-state index contributed by atoms with van der Waals surface area (Å²) in [6.45, 7) is 12.3. The second-order valence-corrected chi connectivity index (χ2v) is 11.1. The van der Waals surface area contributed by atoms with Crippen molar-refractivity contribution in [2.24, 2.45) is 0 Å². The van der Waals surface area contributed by atoms with Crippen LogP contribution in [0.2, 0.25) is 5.02 Å². The summed E-state index contributed by atoms with van der Waals surface area (Å²) < 4.78 is 5.84. The van der Waals surface area contributed by atoms with Gasteiger partial charge < -0.3 is 24.6 Å². The Labute approximate surface area is 244 Å². The number of amides is 1. The smallest absolute Gasteiger partial charge is 0.257 e. The molecule has 1 N–H and O–H groups in total. The molecule has 1 atom stereocenters. The second-order valence-electron chi connectivity index (χ2n) is 10.6. The summed E-state index contributed by atoms with van der Waals surface area (Å²) in [5.74, 6) is 0.610. The molecular weight excluding hydrogens is 528 g/mol. The third-order valence-electron chi connectivity index (χ3n) is 6.25. The molecule has 0 spiro atoms. The van der Waals surface area contributed by atoms with E-state index in [1.807, 2.05) is 25.8 Å². The zero-order chi connectivity index (χ0) is 30.5. The topological polar surface area (TPSA) is 92.6 Å². The van der Waals surface area contributed by atoms with Gasteiger partial charge in [0, 0.05) is 52.8 Å². The molecular formula is C30H45ClN6O3. The lowest BCUT2D eigenvalue weighted by Crippen LogP contribution is -2.34. The Morgan fingerprint density at radius 3 is 2.25 bits per heavy atom. The maximum atomic E-state index is 12.7. The van der Waals surface area contributed by atoms with Crippen molar-refractivity contribution in [3.8, 4) is 5.82 Å². The second kappa shape index (κ2) is 16.7. The number of methoxy groups -OCH3 is 1. The fourth-order valence-corrected chi connectivity index (χ4v) is 4.09. The minimum Gasteiger partial charge on any atom is -0.388 e.